The summed E-state index contributed by atoms with van der Waals surface area (Å²) in [6.07, 6.45) is 8.98. The van der Waals surface area contributed by atoms with Crippen molar-refractivity contribution in [2.45, 2.75) is 65.2 Å². The van der Waals surface area contributed by atoms with Crippen LogP contribution in [0.3, 0.4) is 0 Å². The van der Waals surface area contributed by atoms with Crippen LogP contribution in [0.25, 0.3) is 0 Å². The predicted molar refractivity (Wildman–Crippen MR) is 110 cm³/mol. The maximum atomic E-state index is 12.1. The van der Waals surface area contributed by atoms with Gasteiger partial charge in [-0.25, -0.2) is 0 Å². The van der Waals surface area contributed by atoms with E-state index >= 15 is 0 Å². The number of benzene rings is 2. The first-order chi connectivity index (χ1) is 13.0. The molecule has 0 aliphatic heterocycles. The second-order valence-electron chi connectivity index (χ2n) is 6.78. The van der Waals surface area contributed by atoms with Crippen LogP contribution in [0.5, 0.6) is 11.5 Å². The highest BCUT2D eigenvalue weighted by Gasteiger charge is 2.15. The molecule has 0 aliphatic rings. The summed E-state index contributed by atoms with van der Waals surface area (Å²) in [6.45, 7) is 4.34. The highest BCUT2D eigenvalue weighted by molar-refractivity contribution is 7.82. The Labute approximate surface area is 163 Å². The van der Waals surface area contributed by atoms with Gasteiger partial charge >= 0.3 is 10.4 Å². The van der Waals surface area contributed by atoms with Gasteiger partial charge < -0.3 is 8.37 Å². The molecule has 0 saturated heterocycles. The standard InChI is InChI=1S/C22H30O4S/c1-3-5-7-9-19-11-15-21(16-12-19)25-27(23,24)26-22-17-13-20(14-18-22)10-8-6-4-2/h11-18H,3-10H2,1-2H3. The lowest BCUT2D eigenvalue weighted by atomic mass is 10.1. The summed E-state index contributed by atoms with van der Waals surface area (Å²) in [5.74, 6) is 0.510. The van der Waals surface area contributed by atoms with Gasteiger partial charge in [0.25, 0.3) is 0 Å². The molecule has 0 heterocycles. The fraction of sp³-hybridized carbons (Fsp3) is 0.455. The van der Waals surface area contributed by atoms with Gasteiger partial charge in [-0.1, -0.05) is 63.8 Å². The fourth-order valence-corrected chi connectivity index (χ4v) is 3.56. The molecule has 0 aliphatic carbocycles. The predicted octanol–water partition coefficient (Wildman–Crippen LogP) is 5.85. The second kappa shape index (κ2) is 11.0. The van der Waals surface area contributed by atoms with Crippen molar-refractivity contribution in [3.05, 3.63) is 59.7 Å². The summed E-state index contributed by atoms with van der Waals surface area (Å²) in [5, 5.41) is 0. The van der Waals surface area contributed by atoms with Crippen LogP contribution < -0.4 is 8.37 Å². The van der Waals surface area contributed by atoms with Crippen LogP contribution in [0.1, 0.15) is 63.5 Å². The monoisotopic (exact) mass is 390 g/mol. The molecule has 2 aromatic carbocycles. The van der Waals surface area contributed by atoms with Crippen LogP contribution in [0, 0.1) is 0 Å². The molecule has 0 atom stereocenters. The van der Waals surface area contributed by atoms with Crippen LogP contribution in [0.4, 0.5) is 0 Å². The molecule has 0 amide bonds. The van der Waals surface area contributed by atoms with E-state index < -0.39 is 10.4 Å². The largest absolute Gasteiger partial charge is 0.500 e. The third-order valence-corrected chi connectivity index (χ3v) is 5.17. The lowest BCUT2D eigenvalue weighted by molar-refractivity contribution is 0.392. The molecule has 27 heavy (non-hydrogen) atoms. The molecule has 4 nitrogen and oxygen atoms in total. The summed E-state index contributed by atoms with van der Waals surface area (Å²) < 4.78 is 34.3. The molecule has 2 aromatic rings. The van der Waals surface area contributed by atoms with Crippen molar-refractivity contribution in [1.29, 1.82) is 0 Å². The molecule has 0 saturated carbocycles. The Balaban J connectivity index is 1.88. The topological polar surface area (TPSA) is 52.6 Å². The van der Waals surface area contributed by atoms with Gasteiger partial charge in [-0.15, -0.1) is 8.42 Å². The van der Waals surface area contributed by atoms with Crippen LogP contribution in [-0.4, -0.2) is 8.42 Å². The average molecular weight is 391 g/mol. The number of aryl methyl sites for hydroxylation is 2. The number of hydrogen-bond donors (Lipinski definition) is 0. The molecule has 2 rings (SSSR count). The summed E-state index contributed by atoms with van der Waals surface area (Å²) in [4.78, 5) is 0. The van der Waals surface area contributed by atoms with Crippen molar-refractivity contribution < 1.29 is 16.8 Å². The van der Waals surface area contributed by atoms with E-state index in [1.54, 1.807) is 24.3 Å². The quantitative estimate of drug-likeness (QED) is 0.426. The molecular formula is C22H30O4S. The SMILES string of the molecule is CCCCCc1ccc(OS(=O)(=O)Oc2ccc(CCCCC)cc2)cc1. The van der Waals surface area contributed by atoms with Gasteiger partial charge in [-0.2, -0.15) is 0 Å². The fourth-order valence-electron chi connectivity index (χ4n) is 2.83. The van der Waals surface area contributed by atoms with Crippen molar-refractivity contribution in [2.75, 3.05) is 0 Å². The van der Waals surface area contributed by atoms with Crippen molar-refractivity contribution in [3.63, 3.8) is 0 Å². The Bertz CT molecular complexity index is 703. The second-order valence-corrected chi connectivity index (χ2v) is 7.93. The molecule has 148 valence electrons. The summed E-state index contributed by atoms with van der Waals surface area (Å²) in [5.41, 5.74) is 2.35. The summed E-state index contributed by atoms with van der Waals surface area (Å²) in [7, 11) is -4.16. The molecule has 0 spiro atoms. The van der Waals surface area contributed by atoms with Gasteiger partial charge in [0.2, 0.25) is 0 Å². The summed E-state index contributed by atoms with van der Waals surface area (Å²) >= 11 is 0. The lowest BCUT2D eigenvalue weighted by Crippen LogP contribution is -2.16. The van der Waals surface area contributed by atoms with Gasteiger partial charge in [0.15, 0.2) is 0 Å². The normalized spacial score (nSPS) is 11.3. The maximum absolute atomic E-state index is 12.1. The number of rotatable bonds is 12. The zero-order chi connectivity index (χ0) is 19.5. The molecule has 5 heteroatoms. The van der Waals surface area contributed by atoms with Gasteiger partial charge in [0.05, 0.1) is 0 Å². The Morgan fingerprint density at radius 3 is 1.33 bits per heavy atom. The first kappa shape index (κ1) is 21.3. The third-order valence-electron chi connectivity index (χ3n) is 4.38. The number of hydrogen-bond acceptors (Lipinski definition) is 4. The average Bonchev–Trinajstić information content (AvgIpc) is 2.64. The first-order valence-corrected chi connectivity index (χ1v) is 11.2. The minimum atomic E-state index is -4.16. The van der Waals surface area contributed by atoms with E-state index in [-0.39, 0.29) is 11.5 Å². The highest BCUT2D eigenvalue weighted by Crippen LogP contribution is 2.20. The zero-order valence-corrected chi connectivity index (χ0v) is 17.1. The van der Waals surface area contributed by atoms with Crippen molar-refractivity contribution in [2.24, 2.45) is 0 Å². The van der Waals surface area contributed by atoms with Crippen molar-refractivity contribution in [1.82, 2.24) is 0 Å². The number of unbranched alkanes of at least 4 members (excludes halogenated alkanes) is 4. The van der Waals surface area contributed by atoms with Gasteiger partial charge in [0, 0.05) is 0 Å². The van der Waals surface area contributed by atoms with Crippen LogP contribution in [-0.2, 0) is 23.2 Å². The molecule has 0 radical (unpaired) electrons. The molecule has 0 bridgehead atoms. The van der Waals surface area contributed by atoms with Crippen LogP contribution in [0.2, 0.25) is 0 Å². The van der Waals surface area contributed by atoms with Crippen molar-refractivity contribution >= 4 is 10.4 Å². The van der Waals surface area contributed by atoms with E-state index in [1.807, 2.05) is 24.3 Å². The van der Waals surface area contributed by atoms with E-state index in [0.717, 1.165) is 25.7 Å². The van der Waals surface area contributed by atoms with Crippen molar-refractivity contribution in [3.8, 4) is 11.5 Å². The lowest BCUT2D eigenvalue weighted by Gasteiger charge is -2.09. The molecule has 0 unspecified atom stereocenters. The molecular weight excluding hydrogens is 360 g/mol. The highest BCUT2D eigenvalue weighted by atomic mass is 32.3. The van der Waals surface area contributed by atoms with Gasteiger partial charge in [-0.05, 0) is 61.1 Å². The smallest absolute Gasteiger partial charge is 0.353 e. The van der Waals surface area contributed by atoms with Crippen LogP contribution in [0.15, 0.2) is 48.5 Å². The van der Waals surface area contributed by atoms with Crippen LogP contribution >= 0.6 is 0 Å². The molecule has 0 aromatic heterocycles. The molecule has 0 N–H and O–H groups in total. The minimum absolute atomic E-state index is 0.255. The Kier molecular flexibility index (Phi) is 8.65. The van der Waals surface area contributed by atoms with E-state index in [2.05, 4.69) is 13.8 Å². The Hall–Kier alpha value is -2.01. The van der Waals surface area contributed by atoms with Gasteiger partial charge in [-0.3, -0.25) is 0 Å². The third kappa shape index (κ3) is 8.04. The Morgan fingerprint density at radius 2 is 1.00 bits per heavy atom. The summed E-state index contributed by atoms with van der Waals surface area (Å²) in [6, 6.07) is 14.2. The van der Waals surface area contributed by atoms with E-state index in [4.69, 9.17) is 8.37 Å². The van der Waals surface area contributed by atoms with E-state index in [0.29, 0.717) is 0 Å². The van der Waals surface area contributed by atoms with E-state index in [9.17, 15) is 8.42 Å². The first-order valence-electron chi connectivity index (χ1n) is 9.84. The molecule has 0 fully saturated rings. The Morgan fingerprint density at radius 1 is 0.630 bits per heavy atom. The van der Waals surface area contributed by atoms with E-state index in [1.165, 1.54) is 36.8 Å². The maximum Gasteiger partial charge on any atom is 0.500 e. The van der Waals surface area contributed by atoms with Gasteiger partial charge in [0.1, 0.15) is 11.5 Å². The zero-order valence-electron chi connectivity index (χ0n) is 16.3. The minimum Gasteiger partial charge on any atom is -0.353 e.